The number of fused-ring (bicyclic) bond motifs is 1. The van der Waals surface area contributed by atoms with Crippen molar-refractivity contribution in [2.45, 2.75) is 13.0 Å². The van der Waals surface area contributed by atoms with Gasteiger partial charge in [0.1, 0.15) is 22.5 Å². The molecule has 8 nitrogen and oxygen atoms in total. The number of aromatic nitrogens is 4. The molecule has 0 atom stereocenters. The highest BCUT2D eigenvalue weighted by Gasteiger charge is 2.22. The van der Waals surface area contributed by atoms with E-state index >= 15 is 0 Å². The van der Waals surface area contributed by atoms with Crippen molar-refractivity contribution in [2.24, 2.45) is 0 Å². The van der Waals surface area contributed by atoms with Crippen molar-refractivity contribution >= 4 is 29.2 Å². The van der Waals surface area contributed by atoms with E-state index in [0.717, 1.165) is 39.0 Å². The van der Waals surface area contributed by atoms with Crippen molar-refractivity contribution in [3.8, 4) is 28.6 Å². The van der Waals surface area contributed by atoms with Crippen LogP contribution in [-0.4, -0.2) is 39.2 Å². The van der Waals surface area contributed by atoms with Crippen LogP contribution in [-0.2, 0) is 17.8 Å². The van der Waals surface area contributed by atoms with Gasteiger partial charge in [-0.05, 0) is 29.8 Å². The van der Waals surface area contributed by atoms with Crippen LogP contribution in [0.5, 0.6) is 17.4 Å². The molecule has 0 unspecified atom stereocenters. The molecule has 0 spiro atoms. The Kier molecular flexibility index (Phi) is 6.40. The van der Waals surface area contributed by atoms with Gasteiger partial charge in [-0.1, -0.05) is 36.4 Å². The minimum Gasteiger partial charge on any atom is -0.497 e. The summed E-state index contributed by atoms with van der Waals surface area (Å²) in [6.45, 7) is 0.774. The maximum Gasteiger partial charge on any atom is 0.299 e. The molecule has 9 heteroatoms. The standard InChI is InChI=1S/C26H22N4O4S/c1-32-20-10-9-19(24(14-20)33-2)15-30-26(34-16-31)21(25(27-30)18-6-4-3-5-7-18)12-17-8-11-22-23(13-17)29-35-28-22/h3-11,13-14,16H,12,15H2,1-2H3. The van der Waals surface area contributed by atoms with Crippen molar-refractivity contribution in [2.75, 3.05) is 14.2 Å². The highest BCUT2D eigenvalue weighted by Crippen LogP contribution is 2.35. The average molecular weight is 487 g/mol. The molecule has 0 aliphatic rings. The van der Waals surface area contributed by atoms with Gasteiger partial charge in [0.2, 0.25) is 5.88 Å². The summed E-state index contributed by atoms with van der Waals surface area (Å²) in [7, 11) is 3.21. The number of rotatable bonds is 9. The van der Waals surface area contributed by atoms with E-state index < -0.39 is 0 Å². The van der Waals surface area contributed by atoms with E-state index in [2.05, 4.69) is 8.75 Å². The average Bonchev–Trinajstić information content (AvgIpc) is 3.50. The molecule has 0 aliphatic carbocycles. The second-order valence-electron chi connectivity index (χ2n) is 7.81. The first-order valence-electron chi connectivity index (χ1n) is 10.9. The second-order valence-corrected chi connectivity index (χ2v) is 8.34. The minimum absolute atomic E-state index is 0.339. The van der Waals surface area contributed by atoms with Gasteiger partial charge < -0.3 is 14.2 Å². The Balaban J connectivity index is 1.62. The Morgan fingerprint density at radius 2 is 1.77 bits per heavy atom. The van der Waals surface area contributed by atoms with Crippen molar-refractivity contribution in [1.29, 1.82) is 0 Å². The van der Waals surface area contributed by atoms with Crippen LogP contribution in [0.25, 0.3) is 22.3 Å². The van der Waals surface area contributed by atoms with Crippen LogP contribution in [0.15, 0.2) is 66.7 Å². The maximum atomic E-state index is 11.6. The predicted octanol–water partition coefficient (Wildman–Crippen LogP) is 4.75. The van der Waals surface area contributed by atoms with Crippen LogP contribution in [0.4, 0.5) is 0 Å². The highest BCUT2D eigenvalue weighted by molar-refractivity contribution is 7.00. The molecule has 0 saturated heterocycles. The quantitative estimate of drug-likeness (QED) is 0.278. The lowest BCUT2D eigenvalue weighted by Crippen LogP contribution is -2.07. The van der Waals surface area contributed by atoms with Crippen LogP contribution in [0.1, 0.15) is 16.7 Å². The molecule has 176 valence electrons. The third kappa shape index (κ3) is 4.58. The third-order valence-electron chi connectivity index (χ3n) is 5.72. The molecule has 5 aromatic rings. The number of methoxy groups -OCH3 is 2. The maximum absolute atomic E-state index is 11.6. The number of hydrogen-bond donors (Lipinski definition) is 0. The van der Waals surface area contributed by atoms with Gasteiger partial charge in [-0.2, -0.15) is 13.8 Å². The Labute approximate surface area is 206 Å². The van der Waals surface area contributed by atoms with Gasteiger partial charge in [-0.25, -0.2) is 4.68 Å². The molecule has 0 aliphatic heterocycles. The van der Waals surface area contributed by atoms with E-state index in [4.69, 9.17) is 19.3 Å². The van der Waals surface area contributed by atoms with Gasteiger partial charge in [0.25, 0.3) is 6.47 Å². The van der Waals surface area contributed by atoms with Crippen LogP contribution in [0.3, 0.4) is 0 Å². The largest absolute Gasteiger partial charge is 0.497 e. The van der Waals surface area contributed by atoms with Gasteiger partial charge in [0.05, 0.1) is 38.2 Å². The summed E-state index contributed by atoms with van der Waals surface area (Å²) >= 11 is 1.18. The monoisotopic (exact) mass is 486 g/mol. The van der Waals surface area contributed by atoms with Gasteiger partial charge >= 0.3 is 0 Å². The Hall–Kier alpha value is -4.24. The lowest BCUT2D eigenvalue weighted by Gasteiger charge is -2.12. The van der Waals surface area contributed by atoms with E-state index in [1.54, 1.807) is 18.9 Å². The SMILES string of the molecule is COc1ccc(Cn2nc(-c3ccccc3)c(Cc3ccc4nsnc4c3)c2OC=O)c(OC)c1. The number of carbonyl (C=O) groups excluding carboxylic acids is 1. The number of hydrogen-bond acceptors (Lipinski definition) is 8. The van der Waals surface area contributed by atoms with Crippen molar-refractivity contribution in [1.82, 2.24) is 18.5 Å². The van der Waals surface area contributed by atoms with Gasteiger partial charge in [0.15, 0.2) is 0 Å². The minimum atomic E-state index is 0.339. The van der Waals surface area contributed by atoms with Crippen LogP contribution < -0.4 is 14.2 Å². The van der Waals surface area contributed by atoms with E-state index in [9.17, 15) is 4.79 Å². The topological polar surface area (TPSA) is 88.4 Å². The molecule has 2 aromatic heterocycles. The molecule has 0 amide bonds. The van der Waals surface area contributed by atoms with Crippen molar-refractivity contribution < 1.29 is 19.0 Å². The Morgan fingerprint density at radius 1 is 0.943 bits per heavy atom. The number of carbonyl (C=O) groups is 1. The molecule has 0 fully saturated rings. The zero-order valence-corrected chi connectivity index (χ0v) is 20.0. The fourth-order valence-corrected chi connectivity index (χ4v) is 4.56. The Morgan fingerprint density at radius 3 is 2.54 bits per heavy atom. The zero-order valence-electron chi connectivity index (χ0n) is 19.2. The highest BCUT2D eigenvalue weighted by atomic mass is 32.1. The zero-order chi connectivity index (χ0) is 24.2. The Bertz CT molecular complexity index is 1480. The first-order chi connectivity index (χ1) is 17.2. The summed E-state index contributed by atoms with van der Waals surface area (Å²) in [5.74, 6) is 1.72. The number of nitrogens with zero attached hydrogens (tertiary/aromatic N) is 4. The molecule has 5 rings (SSSR count). The van der Waals surface area contributed by atoms with E-state index in [0.29, 0.717) is 36.8 Å². The molecule has 0 saturated carbocycles. The van der Waals surface area contributed by atoms with E-state index in [1.807, 2.05) is 66.7 Å². The number of benzene rings is 3. The summed E-state index contributed by atoms with van der Waals surface area (Å²) in [5.41, 5.74) is 6.04. The lowest BCUT2D eigenvalue weighted by molar-refractivity contribution is -0.121. The number of ether oxygens (including phenoxy) is 3. The third-order valence-corrected chi connectivity index (χ3v) is 6.28. The first kappa shape index (κ1) is 22.5. The molecule has 35 heavy (non-hydrogen) atoms. The van der Waals surface area contributed by atoms with Crippen LogP contribution >= 0.6 is 11.7 Å². The summed E-state index contributed by atoms with van der Waals surface area (Å²) in [4.78, 5) is 11.6. The van der Waals surface area contributed by atoms with Gasteiger partial charge in [0, 0.05) is 29.2 Å². The van der Waals surface area contributed by atoms with Crippen LogP contribution in [0, 0.1) is 0 Å². The predicted molar refractivity (Wildman–Crippen MR) is 133 cm³/mol. The molecule has 0 bridgehead atoms. The molecule has 2 heterocycles. The second kappa shape index (κ2) is 9.94. The van der Waals surface area contributed by atoms with Crippen molar-refractivity contribution in [3.63, 3.8) is 0 Å². The van der Waals surface area contributed by atoms with Gasteiger partial charge in [-0.3, -0.25) is 4.79 Å². The molecule has 0 radical (unpaired) electrons. The molecular formula is C26H22N4O4S. The van der Waals surface area contributed by atoms with E-state index in [1.165, 1.54) is 11.7 Å². The molecular weight excluding hydrogens is 464 g/mol. The lowest BCUT2D eigenvalue weighted by atomic mass is 10.0. The van der Waals surface area contributed by atoms with E-state index in [-0.39, 0.29) is 0 Å². The fraction of sp³-hybridized carbons (Fsp3) is 0.154. The summed E-state index contributed by atoms with van der Waals surface area (Å²) < 4.78 is 26.7. The normalized spacial score (nSPS) is 10.9. The molecule has 3 aromatic carbocycles. The van der Waals surface area contributed by atoms with Crippen LogP contribution in [0.2, 0.25) is 0 Å². The van der Waals surface area contributed by atoms with Crippen molar-refractivity contribution in [3.05, 3.63) is 83.4 Å². The smallest absolute Gasteiger partial charge is 0.299 e. The summed E-state index contributed by atoms with van der Waals surface area (Å²) in [6, 6.07) is 21.4. The summed E-state index contributed by atoms with van der Waals surface area (Å²) in [5, 5.41) is 4.88. The first-order valence-corrected chi connectivity index (χ1v) is 11.6. The fourth-order valence-electron chi connectivity index (χ4n) is 4.04. The summed E-state index contributed by atoms with van der Waals surface area (Å²) in [6.07, 6.45) is 0.501. The molecule has 0 N–H and O–H groups in total. The van der Waals surface area contributed by atoms with Gasteiger partial charge in [-0.15, -0.1) is 0 Å².